The average Bonchev–Trinajstić information content (AvgIpc) is 2.16. The van der Waals surface area contributed by atoms with Gasteiger partial charge in [0.05, 0.1) is 11.2 Å². The van der Waals surface area contributed by atoms with Crippen LogP contribution in [0.15, 0.2) is 24.3 Å². The molecule has 0 aliphatic heterocycles. The summed E-state index contributed by atoms with van der Waals surface area (Å²) in [4.78, 5) is 10.5. The Hall–Kier alpha value is -1.33. The molecule has 0 spiro atoms. The molecule has 0 aliphatic rings. The van der Waals surface area contributed by atoms with Crippen molar-refractivity contribution in [2.24, 2.45) is 5.73 Å². The van der Waals surface area contributed by atoms with Gasteiger partial charge in [-0.15, -0.1) is 0 Å². The first-order valence-corrected chi connectivity index (χ1v) is 5.55. The standard InChI is InChI=1S/C7H6BNO.C6H14O2/c8-6-3-1-5(2-4-6)7(9)10;1-5(2,7)6(3,4)8/h1-4H,(H2,9,10);7-8H,1-4H3. The minimum Gasteiger partial charge on any atom is -0.387 e. The molecule has 0 atom stereocenters. The first-order valence-electron chi connectivity index (χ1n) is 5.55. The number of hydrogen-bond donors (Lipinski definition) is 3. The summed E-state index contributed by atoms with van der Waals surface area (Å²) in [6, 6.07) is 6.47. The molecule has 0 aliphatic carbocycles. The van der Waals surface area contributed by atoms with Crippen LogP contribution in [0.25, 0.3) is 0 Å². The van der Waals surface area contributed by atoms with E-state index in [0.29, 0.717) is 11.0 Å². The molecule has 18 heavy (non-hydrogen) atoms. The summed E-state index contributed by atoms with van der Waals surface area (Å²) in [5.74, 6) is -0.431. The Balaban J connectivity index is 0.000000331. The lowest BCUT2D eigenvalue weighted by Crippen LogP contribution is -2.44. The minimum atomic E-state index is -1.01. The Bertz CT molecular complexity index is 376. The van der Waals surface area contributed by atoms with E-state index in [4.69, 9.17) is 23.8 Å². The van der Waals surface area contributed by atoms with Gasteiger partial charge in [-0.05, 0) is 27.7 Å². The van der Waals surface area contributed by atoms with Gasteiger partial charge in [-0.2, -0.15) is 0 Å². The van der Waals surface area contributed by atoms with Gasteiger partial charge in [0.15, 0.2) is 0 Å². The number of carbonyl (C=O) groups is 1. The highest BCUT2D eigenvalue weighted by atomic mass is 16.3. The van der Waals surface area contributed by atoms with Gasteiger partial charge in [0.2, 0.25) is 5.91 Å². The SMILES string of the molecule is CC(C)(O)C(C)(C)O.[B]c1ccc(C(N)=O)cc1. The number of primary amides is 1. The summed E-state index contributed by atoms with van der Waals surface area (Å²) < 4.78 is 0. The fraction of sp³-hybridized carbons (Fsp3) is 0.462. The largest absolute Gasteiger partial charge is 0.387 e. The van der Waals surface area contributed by atoms with Crippen molar-refractivity contribution in [1.82, 2.24) is 0 Å². The van der Waals surface area contributed by atoms with Gasteiger partial charge >= 0.3 is 0 Å². The second-order valence-electron chi connectivity index (χ2n) is 5.10. The first-order chi connectivity index (χ1) is 7.95. The highest BCUT2D eigenvalue weighted by molar-refractivity contribution is 6.32. The molecule has 5 heteroatoms. The molecule has 4 nitrogen and oxygen atoms in total. The lowest BCUT2D eigenvalue weighted by Gasteiger charge is -2.31. The molecule has 1 amide bonds. The molecule has 1 aromatic carbocycles. The maximum Gasteiger partial charge on any atom is 0.248 e. The highest BCUT2D eigenvalue weighted by Gasteiger charge is 2.31. The number of amides is 1. The molecule has 2 radical (unpaired) electrons. The van der Waals surface area contributed by atoms with Gasteiger partial charge in [-0.1, -0.05) is 29.7 Å². The predicted octanol–water partition coefficient (Wildman–Crippen LogP) is 0.107. The summed E-state index contributed by atoms with van der Waals surface area (Å²) in [6.07, 6.45) is 0. The quantitative estimate of drug-likeness (QED) is 0.650. The van der Waals surface area contributed by atoms with Gasteiger partial charge in [-0.3, -0.25) is 4.79 Å². The molecule has 0 aromatic heterocycles. The van der Waals surface area contributed by atoms with Gasteiger partial charge in [-0.25, -0.2) is 0 Å². The molecule has 0 heterocycles. The molecule has 0 fully saturated rings. The molecular weight excluding hydrogens is 229 g/mol. The first kappa shape index (κ1) is 16.7. The zero-order valence-electron chi connectivity index (χ0n) is 11.3. The number of rotatable bonds is 2. The maximum atomic E-state index is 10.5. The second kappa shape index (κ2) is 6.02. The monoisotopic (exact) mass is 249 g/mol. The van der Waals surface area contributed by atoms with Crippen LogP contribution in [0.4, 0.5) is 0 Å². The van der Waals surface area contributed by atoms with E-state index >= 15 is 0 Å². The van der Waals surface area contributed by atoms with Crippen LogP contribution in [0.2, 0.25) is 0 Å². The van der Waals surface area contributed by atoms with E-state index in [0.717, 1.165) is 0 Å². The van der Waals surface area contributed by atoms with E-state index < -0.39 is 17.1 Å². The summed E-state index contributed by atoms with van der Waals surface area (Å²) in [7, 11) is 5.37. The Morgan fingerprint density at radius 2 is 1.39 bits per heavy atom. The number of benzene rings is 1. The van der Waals surface area contributed by atoms with Crippen LogP contribution in [-0.4, -0.2) is 35.2 Å². The van der Waals surface area contributed by atoms with E-state index in [9.17, 15) is 4.79 Å². The smallest absolute Gasteiger partial charge is 0.248 e. The van der Waals surface area contributed by atoms with Crippen molar-refractivity contribution in [3.8, 4) is 0 Å². The van der Waals surface area contributed by atoms with Crippen LogP contribution in [0, 0.1) is 0 Å². The minimum absolute atomic E-state index is 0.431. The average molecular weight is 249 g/mol. The van der Waals surface area contributed by atoms with Gasteiger partial charge in [0.1, 0.15) is 7.85 Å². The zero-order valence-corrected chi connectivity index (χ0v) is 11.3. The zero-order chi connectivity index (χ0) is 14.6. The Kier molecular flexibility index (Phi) is 5.58. The third kappa shape index (κ3) is 5.84. The Morgan fingerprint density at radius 3 is 1.61 bits per heavy atom. The van der Waals surface area contributed by atoms with Crippen molar-refractivity contribution in [3.05, 3.63) is 29.8 Å². The fourth-order valence-corrected chi connectivity index (χ4v) is 0.647. The fourth-order valence-electron chi connectivity index (χ4n) is 0.647. The molecular formula is C13H20BNO3. The third-order valence-electron chi connectivity index (χ3n) is 2.69. The van der Waals surface area contributed by atoms with Crippen molar-refractivity contribution in [3.63, 3.8) is 0 Å². The number of hydrogen-bond acceptors (Lipinski definition) is 3. The lowest BCUT2D eigenvalue weighted by molar-refractivity contribution is -0.107. The van der Waals surface area contributed by atoms with Crippen LogP contribution in [0.3, 0.4) is 0 Å². The number of nitrogens with two attached hydrogens (primary N) is 1. The lowest BCUT2D eigenvalue weighted by atomic mass is 9.90. The van der Waals surface area contributed by atoms with Crippen LogP contribution >= 0.6 is 0 Å². The second-order valence-corrected chi connectivity index (χ2v) is 5.10. The summed E-state index contributed by atoms with van der Waals surface area (Å²) in [5.41, 5.74) is 4.08. The van der Waals surface area contributed by atoms with Crippen molar-refractivity contribution in [1.29, 1.82) is 0 Å². The van der Waals surface area contributed by atoms with E-state index in [1.807, 2.05) is 0 Å². The number of carbonyl (C=O) groups excluding carboxylic acids is 1. The predicted molar refractivity (Wildman–Crippen MR) is 72.9 cm³/mol. The Labute approximate surface area is 109 Å². The van der Waals surface area contributed by atoms with Gasteiger partial charge < -0.3 is 15.9 Å². The van der Waals surface area contributed by atoms with Gasteiger partial charge in [0.25, 0.3) is 0 Å². The van der Waals surface area contributed by atoms with E-state index in [2.05, 4.69) is 0 Å². The van der Waals surface area contributed by atoms with E-state index in [1.165, 1.54) is 0 Å². The number of aliphatic hydroxyl groups is 2. The summed E-state index contributed by atoms with van der Waals surface area (Å²) >= 11 is 0. The molecule has 0 bridgehead atoms. The molecule has 1 aromatic rings. The van der Waals surface area contributed by atoms with Crippen molar-refractivity contribution in [2.45, 2.75) is 38.9 Å². The van der Waals surface area contributed by atoms with E-state index in [1.54, 1.807) is 52.0 Å². The summed E-state index contributed by atoms with van der Waals surface area (Å²) in [6.45, 7) is 6.31. The van der Waals surface area contributed by atoms with Crippen LogP contribution in [-0.2, 0) is 0 Å². The van der Waals surface area contributed by atoms with E-state index in [-0.39, 0.29) is 0 Å². The molecule has 4 N–H and O–H groups in total. The molecule has 0 unspecified atom stereocenters. The Morgan fingerprint density at radius 1 is 1.06 bits per heavy atom. The van der Waals surface area contributed by atoms with Crippen LogP contribution < -0.4 is 11.2 Å². The van der Waals surface area contributed by atoms with Gasteiger partial charge in [0, 0.05) is 5.56 Å². The third-order valence-corrected chi connectivity index (χ3v) is 2.69. The molecule has 0 saturated carbocycles. The van der Waals surface area contributed by atoms with Crippen molar-refractivity contribution < 1.29 is 15.0 Å². The van der Waals surface area contributed by atoms with Crippen LogP contribution in [0.5, 0.6) is 0 Å². The van der Waals surface area contributed by atoms with Crippen molar-refractivity contribution >= 4 is 19.2 Å². The summed E-state index contributed by atoms with van der Waals surface area (Å²) in [5, 5.41) is 18.2. The molecule has 98 valence electrons. The molecule has 1 rings (SSSR count). The topological polar surface area (TPSA) is 83.6 Å². The molecule has 0 saturated heterocycles. The maximum absolute atomic E-state index is 10.5. The van der Waals surface area contributed by atoms with Crippen molar-refractivity contribution in [2.75, 3.05) is 0 Å². The van der Waals surface area contributed by atoms with Crippen LogP contribution in [0.1, 0.15) is 38.1 Å². The highest BCUT2D eigenvalue weighted by Crippen LogP contribution is 2.19. The normalized spacial score (nSPS) is 11.4.